The van der Waals surface area contributed by atoms with Crippen molar-refractivity contribution in [2.24, 2.45) is 0 Å². The molecule has 1 aliphatic carbocycles. The Bertz CT molecular complexity index is 193. The zero-order chi connectivity index (χ0) is 11.1. The highest BCUT2D eigenvalue weighted by molar-refractivity contribution is 7.98. The molecule has 0 unspecified atom stereocenters. The minimum atomic E-state index is -0.768. The molecular formula is C11H16NO2S. The van der Waals surface area contributed by atoms with E-state index in [-0.39, 0.29) is 0 Å². The maximum Gasteiger partial charge on any atom is 0.320 e. The van der Waals surface area contributed by atoms with Crippen LogP contribution in [0.2, 0.25) is 0 Å². The lowest BCUT2D eigenvalue weighted by molar-refractivity contribution is -0.139. The van der Waals surface area contributed by atoms with Gasteiger partial charge in [-0.15, -0.1) is 0 Å². The third-order valence-electron chi connectivity index (χ3n) is 2.19. The van der Waals surface area contributed by atoms with Crippen LogP contribution < -0.4 is 5.32 Å². The van der Waals surface area contributed by atoms with Crippen LogP contribution in [0.3, 0.4) is 0 Å². The van der Waals surface area contributed by atoms with Gasteiger partial charge in [0.1, 0.15) is 6.04 Å². The van der Waals surface area contributed by atoms with Gasteiger partial charge in [0.25, 0.3) is 0 Å². The Balaban J connectivity index is 2.20. The summed E-state index contributed by atoms with van der Waals surface area (Å²) >= 11 is 1.67. The predicted molar refractivity (Wildman–Crippen MR) is 62.9 cm³/mol. The van der Waals surface area contributed by atoms with Gasteiger partial charge < -0.3 is 10.4 Å². The van der Waals surface area contributed by atoms with E-state index in [1.807, 2.05) is 31.9 Å². The quantitative estimate of drug-likeness (QED) is 0.684. The first kappa shape index (κ1) is 12.8. The molecule has 0 saturated heterocycles. The van der Waals surface area contributed by atoms with Gasteiger partial charge in [0.2, 0.25) is 0 Å². The minimum Gasteiger partial charge on any atom is -0.480 e. The second-order valence-electron chi connectivity index (χ2n) is 3.35. The molecule has 0 bridgehead atoms. The lowest BCUT2D eigenvalue weighted by Gasteiger charge is -2.16. The van der Waals surface area contributed by atoms with Crippen molar-refractivity contribution in [3.05, 3.63) is 31.6 Å². The Labute approximate surface area is 96.0 Å². The molecule has 1 fully saturated rings. The summed E-state index contributed by atoms with van der Waals surface area (Å²) in [4.78, 5) is 10.9. The molecule has 1 atom stereocenters. The molecule has 0 heterocycles. The van der Waals surface area contributed by atoms with E-state index in [2.05, 4.69) is 5.32 Å². The molecule has 83 valence electrons. The predicted octanol–water partition coefficient (Wildman–Crippen LogP) is 1.19. The van der Waals surface area contributed by atoms with Crippen molar-refractivity contribution in [2.75, 3.05) is 18.6 Å². The second kappa shape index (κ2) is 7.12. The summed E-state index contributed by atoms with van der Waals surface area (Å²) < 4.78 is 0. The summed E-state index contributed by atoms with van der Waals surface area (Å²) in [6.45, 7) is 0.623. The van der Waals surface area contributed by atoms with Crippen LogP contribution in [0.4, 0.5) is 0 Å². The summed E-state index contributed by atoms with van der Waals surface area (Å²) in [6.07, 6.45) is 10.5. The summed E-state index contributed by atoms with van der Waals surface area (Å²) in [5.41, 5.74) is 0. The van der Waals surface area contributed by atoms with Crippen molar-refractivity contribution in [1.29, 1.82) is 0 Å². The number of rotatable bonds is 7. The normalized spacial score (nSPS) is 19.3. The first-order valence-corrected chi connectivity index (χ1v) is 6.29. The molecule has 0 aromatic heterocycles. The monoisotopic (exact) mass is 226 g/mol. The van der Waals surface area contributed by atoms with Gasteiger partial charge in [-0.3, -0.25) is 4.79 Å². The lowest BCUT2D eigenvalue weighted by atomic mass is 10.1. The number of thioether (sulfide) groups is 1. The highest BCUT2D eigenvalue weighted by Gasteiger charge is 2.21. The van der Waals surface area contributed by atoms with Crippen LogP contribution in [-0.2, 0) is 4.79 Å². The Kier molecular flexibility index (Phi) is 6.10. The van der Waals surface area contributed by atoms with E-state index in [0.29, 0.717) is 13.0 Å². The summed E-state index contributed by atoms with van der Waals surface area (Å²) in [5.74, 6) is 1.23. The average molecular weight is 226 g/mol. The molecule has 15 heavy (non-hydrogen) atoms. The number of hydrogen-bond donors (Lipinski definition) is 2. The zero-order valence-corrected chi connectivity index (χ0v) is 9.59. The maximum absolute atomic E-state index is 10.9. The summed E-state index contributed by atoms with van der Waals surface area (Å²) in [6, 6.07) is -0.438. The van der Waals surface area contributed by atoms with Gasteiger partial charge in [0, 0.05) is 6.54 Å². The van der Waals surface area contributed by atoms with E-state index < -0.39 is 12.0 Å². The maximum atomic E-state index is 10.9. The van der Waals surface area contributed by atoms with Gasteiger partial charge in [-0.05, 0) is 50.0 Å². The summed E-state index contributed by atoms with van der Waals surface area (Å²) in [7, 11) is 0. The fraction of sp³-hybridized carbons (Fsp3) is 0.455. The van der Waals surface area contributed by atoms with Crippen molar-refractivity contribution in [3.63, 3.8) is 0 Å². The van der Waals surface area contributed by atoms with E-state index in [4.69, 9.17) is 5.11 Å². The Hall–Kier alpha value is -0.220. The second-order valence-corrected chi connectivity index (χ2v) is 4.33. The van der Waals surface area contributed by atoms with Crippen molar-refractivity contribution < 1.29 is 9.90 Å². The number of hydrogen-bond acceptors (Lipinski definition) is 3. The van der Waals surface area contributed by atoms with E-state index in [1.165, 1.54) is 0 Å². The van der Waals surface area contributed by atoms with E-state index >= 15 is 0 Å². The Morgan fingerprint density at radius 3 is 2.73 bits per heavy atom. The standard InChI is InChI=1S/C11H16NO2S/c1-15-7-6-10(11(13)14)12-8-9-4-2-3-5-9/h2-5,10,12H,6-8H2,1H3,(H,13,14)/t10-/m0/s1. The van der Waals surface area contributed by atoms with Gasteiger partial charge in [-0.25, -0.2) is 0 Å². The van der Waals surface area contributed by atoms with Gasteiger partial charge >= 0.3 is 5.97 Å². The van der Waals surface area contributed by atoms with Crippen LogP contribution in [-0.4, -0.2) is 35.7 Å². The van der Waals surface area contributed by atoms with Gasteiger partial charge in [0.15, 0.2) is 0 Å². The van der Waals surface area contributed by atoms with Crippen LogP contribution in [0.5, 0.6) is 0 Å². The van der Waals surface area contributed by atoms with Crippen LogP contribution in [0.15, 0.2) is 0 Å². The summed E-state index contributed by atoms with van der Waals surface area (Å²) in [5, 5.41) is 12.0. The first-order chi connectivity index (χ1) is 7.24. The number of carboxylic acid groups (broad SMARTS) is 1. The van der Waals surface area contributed by atoms with Crippen LogP contribution in [0.25, 0.3) is 0 Å². The SMILES string of the molecule is CSCC[C@H](NC[C]1[CH][CH][CH][CH]1)C(=O)O. The topological polar surface area (TPSA) is 49.3 Å². The van der Waals surface area contributed by atoms with Crippen LogP contribution >= 0.6 is 11.8 Å². The van der Waals surface area contributed by atoms with Crippen molar-refractivity contribution in [2.45, 2.75) is 12.5 Å². The highest BCUT2D eigenvalue weighted by atomic mass is 32.2. The fourth-order valence-electron chi connectivity index (χ4n) is 1.32. The van der Waals surface area contributed by atoms with Crippen LogP contribution in [0, 0.1) is 31.6 Å². The van der Waals surface area contributed by atoms with Crippen molar-refractivity contribution in [3.8, 4) is 0 Å². The smallest absolute Gasteiger partial charge is 0.320 e. The zero-order valence-electron chi connectivity index (χ0n) is 8.77. The van der Waals surface area contributed by atoms with Crippen molar-refractivity contribution in [1.82, 2.24) is 5.32 Å². The van der Waals surface area contributed by atoms with Crippen molar-refractivity contribution >= 4 is 17.7 Å². The first-order valence-electron chi connectivity index (χ1n) is 4.89. The molecule has 1 saturated carbocycles. The van der Waals surface area contributed by atoms with Gasteiger partial charge in [-0.1, -0.05) is 0 Å². The molecule has 0 amide bonds. The molecule has 0 aliphatic heterocycles. The molecule has 0 aromatic rings. The highest BCUT2D eigenvalue weighted by Crippen LogP contribution is 2.21. The molecule has 5 radical (unpaired) electrons. The van der Waals surface area contributed by atoms with Crippen LogP contribution in [0.1, 0.15) is 6.42 Å². The van der Waals surface area contributed by atoms with Gasteiger partial charge in [0.05, 0.1) is 0 Å². The molecule has 1 aliphatic rings. The molecule has 0 spiro atoms. The minimum absolute atomic E-state index is 0.438. The molecule has 4 heteroatoms. The van der Waals surface area contributed by atoms with E-state index in [0.717, 1.165) is 11.7 Å². The number of carboxylic acids is 1. The van der Waals surface area contributed by atoms with E-state index in [1.54, 1.807) is 11.8 Å². The third kappa shape index (κ3) is 4.89. The molecule has 1 rings (SSSR count). The molecular weight excluding hydrogens is 210 g/mol. The molecule has 2 N–H and O–H groups in total. The van der Waals surface area contributed by atoms with E-state index in [9.17, 15) is 4.79 Å². The largest absolute Gasteiger partial charge is 0.480 e. The lowest BCUT2D eigenvalue weighted by Crippen LogP contribution is -2.39. The average Bonchev–Trinajstić information content (AvgIpc) is 2.70. The fourth-order valence-corrected chi connectivity index (χ4v) is 1.79. The number of carbonyl (C=O) groups is 1. The number of aliphatic carboxylic acids is 1. The number of nitrogens with one attached hydrogen (secondary N) is 1. The Morgan fingerprint density at radius 2 is 2.20 bits per heavy atom. The van der Waals surface area contributed by atoms with Gasteiger partial charge in [-0.2, -0.15) is 11.8 Å². The Morgan fingerprint density at radius 1 is 1.53 bits per heavy atom. The molecule has 3 nitrogen and oxygen atoms in total. The molecule has 0 aromatic carbocycles. The third-order valence-corrected chi connectivity index (χ3v) is 2.84.